The van der Waals surface area contributed by atoms with Crippen LogP contribution in [0.1, 0.15) is 30.4 Å². The smallest absolute Gasteiger partial charge is 0.290 e. The maximum Gasteiger partial charge on any atom is 0.290 e. The van der Waals surface area contributed by atoms with Gasteiger partial charge in [-0.2, -0.15) is 0 Å². The minimum absolute atomic E-state index is 0.250. The van der Waals surface area contributed by atoms with Gasteiger partial charge < -0.3 is 9.63 Å². The molecule has 0 radical (unpaired) electrons. The average Bonchev–Trinajstić information content (AvgIpc) is 3.14. The number of nitrogens with zero attached hydrogens (tertiary/aromatic N) is 3. The van der Waals surface area contributed by atoms with Crippen LogP contribution in [0.15, 0.2) is 39.8 Å². The van der Waals surface area contributed by atoms with E-state index in [9.17, 15) is 8.42 Å². The Balaban J connectivity index is 0.000000806. The van der Waals surface area contributed by atoms with Gasteiger partial charge in [-0.05, 0) is 36.5 Å². The summed E-state index contributed by atoms with van der Waals surface area (Å²) in [5, 5.41) is 11.0. The summed E-state index contributed by atoms with van der Waals surface area (Å²) in [6.07, 6.45) is 3.33. The number of aryl methyl sites for hydroxylation is 1. The maximum absolute atomic E-state index is 11.6. The molecule has 30 heavy (non-hydrogen) atoms. The molecule has 4 rings (SSSR count). The Kier molecular flexibility index (Phi) is 7.27. The van der Waals surface area contributed by atoms with Crippen molar-refractivity contribution in [2.45, 2.75) is 43.8 Å². The van der Waals surface area contributed by atoms with Gasteiger partial charge in [0.05, 0.1) is 17.1 Å². The summed E-state index contributed by atoms with van der Waals surface area (Å²) in [7, 11) is -3.12. The predicted molar refractivity (Wildman–Crippen MR) is 112 cm³/mol. The highest BCUT2D eigenvalue weighted by atomic mass is 32.2. The molecule has 1 aromatic carbocycles. The highest BCUT2D eigenvalue weighted by molar-refractivity contribution is 7.90. The Morgan fingerprint density at radius 3 is 2.50 bits per heavy atom. The molecule has 0 bridgehead atoms. The molecule has 0 spiro atoms. The minimum atomic E-state index is -3.12. The predicted octanol–water partition coefficient (Wildman–Crippen LogP) is 2.05. The van der Waals surface area contributed by atoms with E-state index in [1.54, 1.807) is 12.1 Å². The quantitative estimate of drug-likeness (QED) is 0.688. The minimum Gasteiger partial charge on any atom is -0.483 e. The number of sulfone groups is 1. The van der Waals surface area contributed by atoms with Crippen LogP contribution in [-0.2, 0) is 34.1 Å². The lowest BCUT2D eigenvalue weighted by Crippen LogP contribution is -2.62. The van der Waals surface area contributed by atoms with E-state index >= 15 is 0 Å². The van der Waals surface area contributed by atoms with E-state index in [-0.39, 0.29) is 6.47 Å². The third-order valence-electron chi connectivity index (χ3n) is 5.80. The fourth-order valence-electron chi connectivity index (χ4n) is 4.27. The lowest BCUT2D eigenvalue weighted by Gasteiger charge is -2.53. The van der Waals surface area contributed by atoms with Gasteiger partial charge in [-0.3, -0.25) is 14.6 Å². The van der Waals surface area contributed by atoms with Crippen LogP contribution in [0, 0.1) is 5.92 Å². The van der Waals surface area contributed by atoms with E-state index in [1.165, 1.54) is 18.2 Å². The number of aromatic nitrogens is 1. The Labute approximate surface area is 177 Å². The molecule has 2 fully saturated rings. The molecule has 0 aliphatic carbocycles. The van der Waals surface area contributed by atoms with Crippen molar-refractivity contribution in [1.29, 1.82) is 0 Å². The van der Waals surface area contributed by atoms with E-state index in [1.807, 2.05) is 12.1 Å². The van der Waals surface area contributed by atoms with Crippen molar-refractivity contribution in [3.63, 3.8) is 0 Å². The van der Waals surface area contributed by atoms with Crippen LogP contribution in [0.5, 0.6) is 0 Å². The molecule has 1 aromatic heterocycles. The summed E-state index contributed by atoms with van der Waals surface area (Å²) in [4.78, 5) is 13.7. The Morgan fingerprint density at radius 1 is 1.23 bits per heavy atom. The summed E-state index contributed by atoms with van der Waals surface area (Å²) >= 11 is 0. The number of hydrogen-bond acceptors (Lipinski definition) is 7. The van der Waals surface area contributed by atoms with Gasteiger partial charge in [-0.15, -0.1) is 0 Å². The summed E-state index contributed by atoms with van der Waals surface area (Å²) in [5.74, 6) is 1.68. The summed E-state index contributed by atoms with van der Waals surface area (Å²) < 4.78 is 28.6. The van der Waals surface area contributed by atoms with Crippen molar-refractivity contribution in [2.24, 2.45) is 5.92 Å². The van der Waals surface area contributed by atoms with Gasteiger partial charge >= 0.3 is 0 Å². The van der Waals surface area contributed by atoms with Crippen molar-refractivity contribution in [3.8, 4) is 0 Å². The maximum atomic E-state index is 11.6. The monoisotopic (exact) mass is 435 g/mol. The van der Waals surface area contributed by atoms with Crippen molar-refractivity contribution < 1.29 is 22.8 Å². The molecule has 1 N–H and O–H groups in total. The first-order valence-electron chi connectivity index (χ1n) is 10.1. The van der Waals surface area contributed by atoms with Crippen LogP contribution in [-0.4, -0.2) is 66.9 Å². The van der Waals surface area contributed by atoms with Gasteiger partial charge in [0.25, 0.3) is 6.47 Å². The standard InChI is InChI=1S/C20H27N3O3S.CH2O2/c1-3-17-10-18(26-21-17)14-22-9-8-20-16(12-22)13-23(20)11-15-4-6-19(7-5-15)27(2,24)25;2-1-3/h4-7,10,16,20H,3,8-9,11-14H2,1-2H3;1H,(H,2,3)/t16-,20-;/m0./s1. The summed E-state index contributed by atoms with van der Waals surface area (Å²) in [5.41, 5.74) is 2.20. The van der Waals surface area contributed by atoms with Crippen molar-refractivity contribution in [3.05, 3.63) is 47.3 Å². The second kappa shape index (κ2) is 9.72. The van der Waals surface area contributed by atoms with E-state index in [0.29, 0.717) is 16.9 Å². The molecule has 2 aliphatic heterocycles. The van der Waals surface area contributed by atoms with E-state index in [4.69, 9.17) is 14.4 Å². The van der Waals surface area contributed by atoms with Gasteiger partial charge in [0.1, 0.15) is 0 Å². The van der Waals surface area contributed by atoms with Crippen LogP contribution in [0.2, 0.25) is 0 Å². The average molecular weight is 436 g/mol. The van der Waals surface area contributed by atoms with E-state index < -0.39 is 9.84 Å². The number of hydrogen-bond donors (Lipinski definition) is 1. The third-order valence-corrected chi connectivity index (χ3v) is 6.93. The fraction of sp³-hybridized carbons (Fsp3) is 0.524. The molecule has 0 unspecified atom stereocenters. The lowest BCUT2D eigenvalue weighted by molar-refractivity contribution is -0.122. The molecule has 2 atom stereocenters. The molecule has 3 heterocycles. The lowest BCUT2D eigenvalue weighted by atomic mass is 9.82. The molecule has 164 valence electrons. The molecule has 2 saturated heterocycles. The Morgan fingerprint density at radius 2 is 1.93 bits per heavy atom. The number of rotatable bonds is 6. The van der Waals surface area contributed by atoms with Gasteiger partial charge in [0.2, 0.25) is 0 Å². The number of fused-ring (bicyclic) bond motifs is 1. The largest absolute Gasteiger partial charge is 0.483 e. The third kappa shape index (κ3) is 5.47. The van der Waals surface area contributed by atoms with Gasteiger partial charge in [0.15, 0.2) is 15.6 Å². The summed E-state index contributed by atoms with van der Waals surface area (Å²) in [6, 6.07) is 10.0. The molecule has 2 aromatic rings. The van der Waals surface area contributed by atoms with E-state index in [0.717, 1.165) is 50.6 Å². The fourth-order valence-corrected chi connectivity index (χ4v) is 4.90. The van der Waals surface area contributed by atoms with Gasteiger partial charge in [0, 0.05) is 44.5 Å². The van der Waals surface area contributed by atoms with Gasteiger partial charge in [-0.25, -0.2) is 8.42 Å². The number of carbonyl (C=O) groups is 1. The van der Waals surface area contributed by atoms with E-state index in [2.05, 4.69) is 27.9 Å². The highest BCUT2D eigenvalue weighted by Gasteiger charge is 2.42. The zero-order valence-corrected chi connectivity index (χ0v) is 18.2. The number of likely N-dealkylation sites (tertiary alicyclic amines) is 2. The molecule has 9 heteroatoms. The first-order chi connectivity index (χ1) is 14.3. The molecule has 2 aliphatic rings. The molecular weight excluding hydrogens is 406 g/mol. The van der Waals surface area contributed by atoms with Crippen LogP contribution in [0.3, 0.4) is 0 Å². The molecular formula is C21H29N3O5S. The van der Waals surface area contributed by atoms with Gasteiger partial charge in [-0.1, -0.05) is 24.2 Å². The molecule has 8 nitrogen and oxygen atoms in total. The normalized spacial score (nSPS) is 21.8. The number of piperidine rings is 1. The number of carboxylic acid groups (broad SMARTS) is 1. The first-order valence-corrected chi connectivity index (χ1v) is 12.0. The van der Waals surface area contributed by atoms with Crippen molar-refractivity contribution in [2.75, 3.05) is 25.9 Å². The second-order valence-corrected chi connectivity index (χ2v) is 9.96. The Hall–Kier alpha value is -2.23. The first kappa shape index (κ1) is 22.5. The van der Waals surface area contributed by atoms with Crippen molar-refractivity contribution in [1.82, 2.24) is 15.0 Å². The number of benzene rings is 1. The SMILES string of the molecule is CCc1cc(CN2CC[C@H]3[C@@H](C2)CN3Cc2ccc(S(C)(=O)=O)cc2)on1.O=CO. The highest BCUT2D eigenvalue weighted by Crippen LogP contribution is 2.34. The topological polar surface area (TPSA) is 104 Å². The van der Waals surface area contributed by atoms with Crippen LogP contribution >= 0.6 is 0 Å². The van der Waals surface area contributed by atoms with Crippen LogP contribution in [0.4, 0.5) is 0 Å². The van der Waals surface area contributed by atoms with Crippen LogP contribution in [0.25, 0.3) is 0 Å². The van der Waals surface area contributed by atoms with Crippen molar-refractivity contribution >= 4 is 16.3 Å². The van der Waals surface area contributed by atoms with Crippen LogP contribution < -0.4 is 0 Å². The molecule has 0 amide bonds. The zero-order chi connectivity index (χ0) is 21.7. The Bertz CT molecular complexity index is 942. The zero-order valence-electron chi connectivity index (χ0n) is 17.4. The second-order valence-electron chi connectivity index (χ2n) is 7.94. The summed E-state index contributed by atoms with van der Waals surface area (Å²) in [6.45, 7) is 6.87. The molecule has 0 saturated carbocycles.